The summed E-state index contributed by atoms with van der Waals surface area (Å²) in [6.45, 7) is 0.899. The van der Waals surface area contributed by atoms with E-state index in [4.69, 9.17) is 16.3 Å². The first-order valence-corrected chi connectivity index (χ1v) is 11.1. The number of methoxy groups -OCH3 is 1. The highest BCUT2D eigenvalue weighted by atomic mass is 35.5. The number of nitrogens with one attached hydrogen (secondary N) is 2. The van der Waals surface area contributed by atoms with Crippen LogP contribution in [0.1, 0.15) is 28.4 Å². The van der Waals surface area contributed by atoms with Crippen molar-refractivity contribution in [3.8, 4) is 5.75 Å². The van der Waals surface area contributed by atoms with Crippen LogP contribution in [0.4, 0.5) is 9.18 Å². The highest BCUT2D eigenvalue weighted by molar-refractivity contribution is 6.31. The Kier molecular flexibility index (Phi) is 5.68. The molecule has 33 heavy (non-hydrogen) atoms. The number of urea groups is 1. The lowest BCUT2D eigenvalue weighted by atomic mass is 9.92. The molecule has 0 saturated heterocycles. The van der Waals surface area contributed by atoms with Gasteiger partial charge in [-0.1, -0.05) is 35.9 Å². The van der Waals surface area contributed by atoms with Gasteiger partial charge in [0.05, 0.1) is 13.2 Å². The number of benzene rings is 3. The van der Waals surface area contributed by atoms with E-state index >= 15 is 0 Å². The number of H-pyrrole nitrogens is 1. The molecule has 5 rings (SSSR count). The number of hydrogen-bond donors (Lipinski definition) is 2. The summed E-state index contributed by atoms with van der Waals surface area (Å²) in [7, 11) is 1.61. The fraction of sp³-hybridized carbons (Fsp3) is 0.192. The third-order valence-corrected chi connectivity index (χ3v) is 6.35. The van der Waals surface area contributed by atoms with Gasteiger partial charge in [-0.15, -0.1) is 0 Å². The van der Waals surface area contributed by atoms with Crippen LogP contribution < -0.4 is 10.1 Å². The van der Waals surface area contributed by atoms with Crippen molar-refractivity contribution in [1.29, 1.82) is 0 Å². The second-order valence-corrected chi connectivity index (χ2v) is 8.55. The Morgan fingerprint density at radius 2 is 2.00 bits per heavy atom. The topological polar surface area (TPSA) is 57.4 Å². The molecule has 3 aromatic carbocycles. The molecule has 2 heterocycles. The fourth-order valence-electron chi connectivity index (χ4n) is 4.53. The molecule has 1 aliphatic rings. The van der Waals surface area contributed by atoms with Gasteiger partial charge in [-0.25, -0.2) is 9.18 Å². The maximum Gasteiger partial charge on any atom is 0.318 e. The van der Waals surface area contributed by atoms with Gasteiger partial charge in [-0.3, -0.25) is 0 Å². The van der Waals surface area contributed by atoms with Gasteiger partial charge in [0.15, 0.2) is 0 Å². The molecular weight excluding hydrogens is 441 g/mol. The summed E-state index contributed by atoms with van der Waals surface area (Å²) in [4.78, 5) is 18.6. The van der Waals surface area contributed by atoms with E-state index in [0.29, 0.717) is 24.5 Å². The predicted molar refractivity (Wildman–Crippen MR) is 127 cm³/mol. The maximum absolute atomic E-state index is 13.7. The number of rotatable bonds is 4. The normalized spacial score (nSPS) is 15.4. The molecule has 0 unspecified atom stereocenters. The van der Waals surface area contributed by atoms with Crippen molar-refractivity contribution >= 4 is 28.5 Å². The fourth-order valence-corrected chi connectivity index (χ4v) is 4.70. The molecule has 0 radical (unpaired) electrons. The third-order valence-electron chi connectivity index (χ3n) is 6.11. The zero-order valence-electron chi connectivity index (χ0n) is 18.1. The van der Waals surface area contributed by atoms with Gasteiger partial charge in [-0.05, 0) is 65.6 Å². The number of amides is 2. The summed E-state index contributed by atoms with van der Waals surface area (Å²) in [5.74, 6) is 0.428. The minimum Gasteiger partial charge on any atom is -0.497 e. The number of carbonyl (C=O) groups is 1. The summed E-state index contributed by atoms with van der Waals surface area (Å²) in [6, 6.07) is 19.1. The number of aromatic nitrogens is 1. The van der Waals surface area contributed by atoms with E-state index < -0.39 is 0 Å². The second kappa shape index (κ2) is 8.79. The minimum absolute atomic E-state index is 0.186. The van der Waals surface area contributed by atoms with Crippen molar-refractivity contribution in [3.05, 3.63) is 100.0 Å². The number of aromatic amines is 1. The van der Waals surface area contributed by atoms with Gasteiger partial charge in [0.1, 0.15) is 11.6 Å². The number of carbonyl (C=O) groups excluding carboxylic acids is 1. The van der Waals surface area contributed by atoms with Crippen molar-refractivity contribution < 1.29 is 13.9 Å². The standard InChI is InChI=1S/C26H23ClFN3O2/c1-33-20-4-2-3-16(13-20)15-29-26(32)31-12-11-21-22-14-18(27)7-10-23(22)30-24(21)25(31)17-5-8-19(28)9-6-17/h2-10,13-14,25,30H,11-12,15H2,1H3,(H,29,32)/t25-/m0/s1. The van der Waals surface area contributed by atoms with Gasteiger partial charge >= 0.3 is 6.03 Å². The summed E-state index contributed by atoms with van der Waals surface area (Å²) in [5.41, 5.74) is 4.82. The zero-order valence-corrected chi connectivity index (χ0v) is 18.8. The highest BCUT2D eigenvalue weighted by Crippen LogP contribution is 2.39. The van der Waals surface area contributed by atoms with Crippen LogP contribution >= 0.6 is 11.6 Å². The lowest BCUT2D eigenvalue weighted by molar-refractivity contribution is 0.179. The Morgan fingerprint density at radius 3 is 2.79 bits per heavy atom. The first kappa shape index (κ1) is 21.3. The van der Waals surface area contributed by atoms with Crippen molar-refractivity contribution in [2.75, 3.05) is 13.7 Å². The number of nitrogens with zero attached hydrogens (tertiary/aromatic N) is 1. The van der Waals surface area contributed by atoms with Crippen LogP contribution in [-0.4, -0.2) is 29.6 Å². The molecule has 0 saturated carbocycles. The van der Waals surface area contributed by atoms with Crippen molar-refractivity contribution in [1.82, 2.24) is 15.2 Å². The largest absolute Gasteiger partial charge is 0.497 e. The van der Waals surface area contributed by atoms with Crippen LogP contribution in [0.5, 0.6) is 5.75 Å². The van der Waals surface area contributed by atoms with Crippen LogP contribution in [0.15, 0.2) is 66.7 Å². The molecule has 4 aromatic rings. The summed E-state index contributed by atoms with van der Waals surface area (Å²) in [6.07, 6.45) is 0.694. The van der Waals surface area contributed by atoms with Gasteiger partial charge in [0, 0.05) is 34.7 Å². The molecule has 0 aliphatic carbocycles. The number of ether oxygens (including phenoxy) is 1. The summed E-state index contributed by atoms with van der Waals surface area (Å²) < 4.78 is 18.9. The average molecular weight is 464 g/mol. The third kappa shape index (κ3) is 4.14. The maximum atomic E-state index is 13.7. The quantitative estimate of drug-likeness (QED) is 0.400. The van der Waals surface area contributed by atoms with Crippen molar-refractivity contribution in [2.24, 2.45) is 0 Å². The summed E-state index contributed by atoms with van der Waals surface area (Å²) in [5, 5.41) is 4.75. The SMILES string of the molecule is COc1cccc(CNC(=O)N2CCc3c([nH]c4ccc(Cl)cc34)[C@@H]2c2ccc(F)cc2)c1. The van der Waals surface area contributed by atoms with Gasteiger partial charge in [0.25, 0.3) is 0 Å². The molecule has 168 valence electrons. The van der Waals surface area contributed by atoms with Crippen LogP contribution in [-0.2, 0) is 13.0 Å². The van der Waals surface area contributed by atoms with E-state index in [1.54, 1.807) is 24.1 Å². The molecule has 7 heteroatoms. The molecule has 1 aromatic heterocycles. The molecular formula is C26H23ClFN3O2. The number of hydrogen-bond acceptors (Lipinski definition) is 2. The highest BCUT2D eigenvalue weighted by Gasteiger charge is 2.34. The van der Waals surface area contributed by atoms with Gasteiger partial charge in [-0.2, -0.15) is 0 Å². The van der Waals surface area contributed by atoms with E-state index in [9.17, 15) is 9.18 Å². The van der Waals surface area contributed by atoms with Crippen molar-refractivity contribution in [3.63, 3.8) is 0 Å². The first-order valence-electron chi connectivity index (χ1n) is 10.8. The molecule has 1 atom stereocenters. The lowest BCUT2D eigenvalue weighted by Gasteiger charge is -2.36. The number of halogens is 2. The van der Waals surface area contributed by atoms with Crippen LogP contribution in [0.3, 0.4) is 0 Å². The molecule has 0 spiro atoms. The average Bonchev–Trinajstić information content (AvgIpc) is 3.20. The predicted octanol–water partition coefficient (Wildman–Crippen LogP) is 5.83. The molecule has 2 amide bonds. The van der Waals surface area contributed by atoms with E-state index in [-0.39, 0.29) is 17.9 Å². The van der Waals surface area contributed by atoms with Crippen LogP contribution in [0.25, 0.3) is 10.9 Å². The first-order chi connectivity index (χ1) is 16.0. The van der Waals surface area contributed by atoms with E-state index in [2.05, 4.69) is 10.3 Å². The zero-order chi connectivity index (χ0) is 22.9. The smallest absolute Gasteiger partial charge is 0.318 e. The van der Waals surface area contributed by atoms with E-state index in [1.165, 1.54) is 12.1 Å². The van der Waals surface area contributed by atoms with E-state index in [1.807, 2.05) is 42.5 Å². The van der Waals surface area contributed by atoms with Gasteiger partial charge < -0.3 is 19.9 Å². The second-order valence-electron chi connectivity index (χ2n) is 8.11. The lowest BCUT2D eigenvalue weighted by Crippen LogP contribution is -2.45. The van der Waals surface area contributed by atoms with E-state index in [0.717, 1.165) is 39.0 Å². The summed E-state index contributed by atoms with van der Waals surface area (Å²) >= 11 is 6.25. The molecule has 1 aliphatic heterocycles. The number of fused-ring (bicyclic) bond motifs is 3. The Bertz CT molecular complexity index is 1320. The Hall–Kier alpha value is -3.51. The van der Waals surface area contributed by atoms with Crippen LogP contribution in [0, 0.1) is 5.82 Å². The molecule has 0 fully saturated rings. The molecule has 0 bridgehead atoms. The Morgan fingerprint density at radius 1 is 1.18 bits per heavy atom. The van der Waals surface area contributed by atoms with Crippen molar-refractivity contribution in [2.45, 2.75) is 19.0 Å². The molecule has 2 N–H and O–H groups in total. The molecule has 5 nitrogen and oxygen atoms in total. The van der Waals surface area contributed by atoms with Crippen LogP contribution in [0.2, 0.25) is 5.02 Å². The Balaban J connectivity index is 1.49. The minimum atomic E-state index is -0.370. The van der Waals surface area contributed by atoms with Gasteiger partial charge in [0.2, 0.25) is 0 Å². The monoisotopic (exact) mass is 463 g/mol. The Labute approximate surface area is 196 Å².